The molecule has 4 atom stereocenters. The topological polar surface area (TPSA) is 46.3 Å². The molecule has 1 saturated carbocycles. The largest absolute Gasteiger partial charge is 0.335 e. The van der Waals surface area contributed by atoms with E-state index in [1.807, 2.05) is 0 Å². The maximum absolute atomic E-state index is 13.0. The molecule has 0 aromatic heterocycles. The highest BCUT2D eigenvalue weighted by Gasteiger charge is 2.38. The first kappa shape index (κ1) is 18.3. The molecule has 1 heterocycles. The summed E-state index contributed by atoms with van der Waals surface area (Å²) in [6.07, 6.45) is 5.14. The predicted octanol–water partition coefficient (Wildman–Crippen LogP) is 3.84. The van der Waals surface area contributed by atoms with Crippen molar-refractivity contribution in [2.45, 2.75) is 58.0 Å². The van der Waals surface area contributed by atoms with Gasteiger partial charge in [0.25, 0.3) is 0 Å². The van der Waals surface area contributed by atoms with Crippen LogP contribution in [0, 0.1) is 18.8 Å². The van der Waals surface area contributed by atoms with E-state index < -0.39 is 0 Å². The SMILES string of the molecule is Cc1ccc(C2C(C)CCCN2C(=O)C2CCC(N)C2)cc1.Cl. The van der Waals surface area contributed by atoms with Gasteiger partial charge in [0, 0.05) is 18.5 Å². The molecule has 2 N–H and O–H groups in total. The smallest absolute Gasteiger partial charge is 0.226 e. The zero-order valence-corrected chi connectivity index (χ0v) is 15.0. The number of halogens is 1. The van der Waals surface area contributed by atoms with Crippen LogP contribution in [-0.4, -0.2) is 23.4 Å². The Balaban J connectivity index is 0.00000192. The normalized spacial score (nSPS) is 30.8. The monoisotopic (exact) mass is 336 g/mol. The highest BCUT2D eigenvalue weighted by molar-refractivity contribution is 5.85. The molecular formula is C19H29ClN2O. The van der Waals surface area contributed by atoms with E-state index in [4.69, 9.17) is 5.73 Å². The lowest BCUT2D eigenvalue weighted by molar-refractivity contribution is -0.140. The Hall–Kier alpha value is -1.06. The van der Waals surface area contributed by atoms with Crippen molar-refractivity contribution in [2.24, 2.45) is 17.6 Å². The summed E-state index contributed by atoms with van der Waals surface area (Å²) < 4.78 is 0. The highest BCUT2D eigenvalue weighted by Crippen LogP contribution is 2.38. The molecule has 3 nitrogen and oxygen atoms in total. The van der Waals surface area contributed by atoms with Gasteiger partial charge in [-0.1, -0.05) is 36.8 Å². The maximum Gasteiger partial charge on any atom is 0.226 e. The van der Waals surface area contributed by atoms with Crippen LogP contribution in [0.15, 0.2) is 24.3 Å². The van der Waals surface area contributed by atoms with Crippen molar-refractivity contribution < 1.29 is 4.79 Å². The van der Waals surface area contributed by atoms with Gasteiger partial charge in [0.05, 0.1) is 6.04 Å². The van der Waals surface area contributed by atoms with Crippen LogP contribution < -0.4 is 5.73 Å². The third-order valence-corrected chi connectivity index (χ3v) is 5.46. The Labute approximate surface area is 146 Å². The standard InChI is InChI=1S/C19H28N2O.ClH/c1-13-5-7-15(8-6-13)18-14(2)4-3-11-21(18)19(22)16-9-10-17(20)12-16;/h5-8,14,16-18H,3-4,9-12,20H2,1-2H3;1H. The molecule has 23 heavy (non-hydrogen) atoms. The molecule has 2 aliphatic rings. The summed E-state index contributed by atoms with van der Waals surface area (Å²) in [7, 11) is 0. The lowest BCUT2D eigenvalue weighted by Crippen LogP contribution is -2.44. The average Bonchev–Trinajstić information content (AvgIpc) is 2.94. The van der Waals surface area contributed by atoms with E-state index in [-0.39, 0.29) is 30.4 Å². The Kier molecular flexibility index (Phi) is 6.10. The maximum atomic E-state index is 13.0. The van der Waals surface area contributed by atoms with Crippen molar-refractivity contribution in [1.29, 1.82) is 0 Å². The molecule has 1 aromatic rings. The number of hydrogen-bond donors (Lipinski definition) is 1. The average molecular weight is 337 g/mol. The van der Waals surface area contributed by atoms with Crippen molar-refractivity contribution in [2.75, 3.05) is 6.54 Å². The fourth-order valence-corrected chi connectivity index (χ4v) is 4.18. The minimum Gasteiger partial charge on any atom is -0.335 e. The number of hydrogen-bond acceptors (Lipinski definition) is 2. The van der Waals surface area contributed by atoms with Gasteiger partial charge in [-0.2, -0.15) is 0 Å². The number of benzene rings is 1. The molecule has 1 aliphatic heterocycles. The van der Waals surface area contributed by atoms with Crippen LogP contribution in [0.4, 0.5) is 0 Å². The summed E-state index contributed by atoms with van der Waals surface area (Å²) in [6, 6.07) is 9.16. The molecule has 1 saturated heterocycles. The van der Waals surface area contributed by atoms with Gasteiger partial charge in [-0.25, -0.2) is 0 Å². The zero-order valence-electron chi connectivity index (χ0n) is 14.2. The number of carbonyl (C=O) groups excluding carboxylic acids is 1. The van der Waals surface area contributed by atoms with Gasteiger partial charge < -0.3 is 10.6 Å². The van der Waals surface area contributed by atoms with Gasteiger partial charge in [-0.3, -0.25) is 4.79 Å². The van der Waals surface area contributed by atoms with Crippen LogP contribution in [0.25, 0.3) is 0 Å². The number of carbonyl (C=O) groups is 1. The number of nitrogens with two attached hydrogens (primary N) is 1. The molecule has 0 spiro atoms. The molecular weight excluding hydrogens is 308 g/mol. The minimum atomic E-state index is 0. The molecule has 0 radical (unpaired) electrons. The molecule has 3 rings (SSSR count). The van der Waals surface area contributed by atoms with Crippen LogP contribution in [-0.2, 0) is 4.79 Å². The van der Waals surface area contributed by atoms with E-state index in [0.29, 0.717) is 11.8 Å². The molecule has 2 fully saturated rings. The van der Waals surface area contributed by atoms with E-state index in [9.17, 15) is 4.79 Å². The Morgan fingerprint density at radius 1 is 1.17 bits per heavy atom. The van der Waals surface area contributed by atoms with Crippen LogP contribution in [0.1, 0.15) is 56.2 Å². The van der Waals surface area contributed by atoms with Crippen molar-refractivity contribution in [1.82, 2.24) is 4.90 Å². The van der Waals surface area contributed by atoms with E-state index in [0.717, 1.165) is 32.2 Å². The van der Waals surface area contributed by atoms with Gasteiger partial charge in [-0.15, -0.1) is 12.4 Å². The van der Waals surface area contributed by atoms with Crippen LogP contribution in [0.3, 0.4) is 0 Å². The summed E-state index contributed by atoms with van der Waals surface area (Å²) >= 11 is 0. The Morgan fingerprint density at radius 3 is 2.48 bits per heavy atom. The van der Waals surface area contributed by atoms with Gasteiger partial charge in [-0.05, 0) is 50.5 Å². The number of nitrogens with zero attached hydrogens (tertiary/aromatic N) is 1. The second-order valence-corrected chi connectivity index (χ2v) is 7.28. The van der Waals surface area contributed by atoms with E-state index in [2.05, 4.69) is 43.0 Å². The van der Waals surface area contributed by atoms with Crippen LogP contribution in [0.2, 0.25) is 0 Å². The lowest BCUT2D eigenvalue weighted by Gasteiger charge is -2.41. The first-order valence-electron chi connectivity index (χ1n) is 8.69. The molecule has 1 amide bonds. The number of amides is 1. The molecule has 4 heteroatoms. The predicted molar refractivity (Wildman–Crippen MR) is 96.6 cm³/mol. The Bertz CT molecular complexity index is 531. The summed E-state index contributed by atoms with van der Waals surface area (Å²) in [5, 5.41) is 0. The summed E-state index contributed by atoms with van der Waals surface area (Å²) in [4.78, 5) is 15.2. The van der Waals surface area contributed by atoms with E-state index in [1.54, 1.807) is 0 Å². The highest BCUT2D eigenvalue weighted by atomic mass is 35.5. The fourth-order valence-electron chi connectivity index (χ4n) is 4.18. The molecule has 1 aromatic carbocycles. The van der Waals surface area contributed by atoms with Gasteiger partial charge in [0.15, 0.2) is 0 Å². The third kappa shape index (κ3) is 3.89. The molecule has 128 valence electrons. The summed E-state index contributed by atoms with van der Waals surface area (Å²) in [5.74, 6) is 1.01. The quantitative estimate of drug-likeness (QED) is 0.891. The van der Waals surface area contributed by atoms with Crippen LogP contribution in [0.5, 0.6) is 0 Å². The lowest BCUT2D eigenvalue weighted by atomic mass is 9.85. The molecule has 1 aliphatic carbocycles. The first-order chi connectivity index (χ1) is 10.6. The second-order valence-electron chi connectivity index (χ2n) is 7.28. The Morgan fingerprint density at radius 2 is 1.87 bits per heavy atom. The van der Waals surface area contributed by atoms with Crippen molar-refractivity contribution in [3.05, 3.63) is 35.4 Å². The first-order valence-corrected chi connectivity index (χ1v) is 8.69. The summed E-state index contributed by atoms with van der Waals surface area (Å²) in [5.41, 5.74) is 8.57. The number of rotatable bonds is 2. The number of likely N-dealkylation sites (tertiary alicyclic amines) is 1. The van der Waals surface area contributed by atoms with E-state index in [1.165, 1.54) is 17.5 Å². The zero-order chi connectivity index (χ0) is 15.7. The molecule has 0 bridgehead atoms. The number of piperidine rings is 1. The fraction of sp³-hybridized carbons (Fsp3) is 0.632. The summed E-state index contributed by atoms with van der Waals surface area (Å²) in [6.45, 7) is 5.29. The van der Waals surface area contributed by atoms with Crippen molar-refractivity contribution >= 4 is 18.3 Å². The third-order valence-electron chi connectivity index (χ3n) is 5.46. The van der Waals surface area contributed by atoms with E-state index >= 15 is 0 Å². The van der Waals surface area contributed by atoms with Gasteiger partial charge >= 0.3 is 0 Å². The second kappa shape index (κ2) is 7.67. The van der Waals surface area contributed by atoms with Gasteiger partial charge in [0.1, 0.15) is 0 Å². The van der Waals surface area contributed by atoms with Gasteiger partial charge in [0.2, 0.25) is 5.91 Å². The van der Waals surface area contributed by atoms with Crippen molar-refractivity contribution in [3.8, 4) is 0 Å². The molecule has 4 unspecified atom stereocenters. The number of aryl methyl sites for hydroxylation is 1. The van der Waals surface area contributed by atoms with Crippen LogP contribution >= 0.6 is 12.4 Å². The van der Waals surface area contributed by atoms with Crippen molar-refractivity contribution in [3.63, 3.8) is 0 Å². The minimum absolute atomic E-state index is 0.